The standard InChI is InChI=1S/C15H24N2/c1-14(2,15(3,4)16)11-17-9-12-7-5-6-8-13(12)10-17/h5-8H,9-11,16H2,1-4H3. The maximum absolute atomic E-state index is 6.27. The fraction of sp³-hybridized carbons (Fsp3) is 0.600. The fourth-order valence-corrected chi connectivity index (χ4v) is 2.28. The van der Waals surface area contributed by atoms with Crippen molar-refractivity contribution in [2.75, 3.05) is 6.54 Å². The highest BCUT2D eigenvalue weighted by Gasteiger charge is 2.36. The summed E-state index contributed by atoms with van der Waals surface area (Å²) < 4.78 is 0. The summed E-state index contributed by atoms with van der Waals surface area (Å²) in [5.41, 5.74) is 9.18. The first-order chi connectivity index (χ1) is 7.79. The number of hydrogen-bond acceptors (Lipinski definition) is 2. The molecule has 1 aliphatic heterocycles. The quantitative estimate of drug-likeness (QED) is 0.868. The molecule has 1 heterocycles. The Morgan fingerprint density at radius 2 is 1.53 bits per heavy atom. The highest BCUT2D eigenvalue weighted by molar-refractivity contribution is 5.30. The first kappa shape index (κ1) is 12.6. The summed E-state index contributed by atoms with van der Waals surface area (Å²) in [4.78, 5) is 2.50. The van der Waals surface area contributed by atoms with E-state index in [0.717, 1.165) is 19.6 Å². The first-order valence-electron chi connectivity index (χ1n) is 6.38. The molecule has 0 saturated carbocycles. The van der Waals surface area contributed by atoms with Crippen LogP contribution in [-0.2, 0) is 13.1 Å². The Kier molecular flexibility index (Phi) is 3.04. The highest BCUT2D eigenvalue weighted by atomic mass is 15.1. The third kappa shape index (κ3) is 2.53. The number of nitrogens with zero attached hydrogens (tertiary/aromatic N) is 1. The Hall–Kier alpha value is -0.860. The van der Waals surface area contributed by atoms with E-state index >= 15 is 0 Å². The number of fused-ring (bicyclic) bond motifs is 1. The van der Waals surface area contributed by atoms with Crippen LogP contribution in [0, 0.1) is 5.41 Å². The molecule has 2 heteroatoms. The fourth-order valence-electron chi connectivity index (χ4n) is 2.28. The van der Waals surface area contributed by atoms with Gasteiger partial charge in [0.1, 0.15) is 0 Å². The van der Waals surface area contributed by atoms with Gasteiger partial charge in [-0.1, -0.05) is 38.1 Å². The zero-order chi connectivity index (χ0) is 12.7. The molecule has 0 radical (unpaired) electrons. The van der Waals surface area contributed by atoms with E-state index in [2.05, 4.69) is 56.9 Å². The van der Waals surface area contributed by atoms with Gasteiger partial charge in [-0.05, 0) is 30.4 Å². The molecule has 0 saturated heterocycles. The summed E-state index contributed by atoms with van der Waals surface area (Å²) >= 11 is 0. The second-order valence-electron chi connectivity index (χ2n) is 6.52. The molecule has 2 nitrogen and oxygen atoms in total. The molecule has 0 aromatic heterocycles. The van der Waals surface area contributed by atoms with Gasteiger partial charge in [0.2, 0.25) is 0 Å². The second-order valence-corrected chi connectivity index (χ2v) is 6.52. The summed E-state index contributed by atoms with van der Waals surface area (Å²) in [6.45, 7) is 11.9. The monoisotopic (exact) mass is 232 g/mol. The van der Waals surface area contributed by atoms with Gasteiger partial charge in [0.15, 0.2) is 0 Å². The van der Waals surface area contributed by atoms with Crippen LogP contribution in [0.5, 0.6) is 0 Å². The molecule has 94 valence electrons. The lowest BCUT2D eigenvalue weighted by Gasteiger charge is -2.41. The van der Waals surface area contributed by atoms with Crippen molar-refractivity contribution in [3.8, 4) is 0 Å². The van der Waals surface area contributed by atoms with Gasteiger partial charge in [0.25, 0.3) is 0 Å². The molecule has 0 atom stereocenters. The van der Waals surface area contributed by atoms with Crippen molar-refractivity contribution >= 4 is 0 Å². The van der Waals surface area contributed by atoms with Gasteiger partial charge in [-0.15, -0.1) is 0 Å². The van der Waals surface area contributed by atoms with Crippen LogP contribution in [0.4, 0.5) is 0 Å². The molecule has 0 fully saturated rings. The molecule has 17 heavy (non-hydrogen) atoms. The van der Waals surface area contributed by atoms with Crippen molar-refractivity contribution < 1.29 is 0 Å². The third-order valence-electron chi connectivity index (χ3n) is 4.27. The molecule has 2 rings (SSSR count). The van der Waals surface area contributed by atoms with Crippen LogP contribution in [0.3, 0.4) is 0 Å². The van der Waals surface area contributed by atoms with Gasteiger partial charge < -0.3 is 5.73 Å². The van der Waals surface area contributed by atoms with E-state index in [9.17, 15) is 0 Å². The van der Waals surface area contributed by atoms with Crippen molar-refractivity contribution in [3.63, 3.8) is 0 Å². The van der Waals surface area contributed by atoms with E-state index in [-0.39, 0.29) is 11.0 Å². The molecule has 0 unspecified atom stereocenters. The molecule has 1 aromatic carbocycles. The van der Waals surface area contributed by atoms with E-state index in [1.54, 1.807) is 0 Å². The van der Waals surface area contributed by atoms with Gasteiger partial charge in [0.05, 0.1) is 0 Å². The number of nitrogens with two attached hydrogens (primary N) is 1. The smallest absolute Gasteiger partial charge is 0.0240 e. The molecular weight excluding hydrogens is 208 g/mol. The van der Waals surface area contributed by atoms with Crippen LogP contribution in [0.15, 0.2) is 24.3 Å². The van der Waals surface area contributed by atoms with Crippen LogP contribution >= 0.6 is 0 Å². The Morgan fingerprint density at radius 3 is 1.94 bits per heavy atom. The lowest BCUT2D eigenvalue weighted by molar-refractivity contribution is 0.112. The van der Waals surface area contributed by atoms with Crippen molar-refractivity contribution in [3.05, 3.63) is 35.4 Å². The van der Waals surface area contributed by atoms with Crippen LogP contribution in [0.25, 0.3) is 0 Å². The maximum atomic E-state index is 6.27. The predicted octanol–water partition coefficient (Wildman–Crippen LogP) is 2.77. The van der Waals surface area contributed by atoms with Crippen molar-refractivity contribution in [2.24, 2.45) is 11.1 Å². The topological polar surface area (TPSA) is 29.3 Å². The van der Waals surface area contributed by atoms with Gasteiger partial charge in [0, 0.05) is 25.2 Å². The summed E-state index contributed by atoms with van der Waals surface area (Å²) in [6.07, 6.45) is 0. The summed E-state index contributed by atoms with van der Waals surface area (Å²) in [5.74, 6) is 0. The molecule has 1 aliphatic rings. The second kappa shape index (κ2) is 4.11. The zero-order valence-electron chi connectivity index (χ0n) is 11.5. The first-order valence-corrected chi connectivity index (χ1v) is 6.38. The molecule has 0 aliphatic carbocycles. The van der Waals surface area contributed by atoms with E-state index in [1.165, 1.54) is 11.1 Å². The molecule has 0 spiro atoms. The van der Waals surface area contributed by atoms with E-state index < -0.39 is 0 Å². The van der Waals surface area contributed by atoms with Crippen molar-refractivity contribution in [1.82, 2.24) is 4.90 Å². The highest BCUT2D eigenvalue weighted by Crippen LogP contribution is 2.32. The van der Waals surface area contributed by atoms with Crippen molar-refractivity contribution in [1.29, 1.82) is 0 Å². The average Bonchev–Trinajstić information content (AvgIpc) is 2.56. The minimum absolute atomic E-state index is 0.120. The number of benzene rings is 1. The van der Waals surface area contributed by atoms with Crippen LogP contribution in [0.2, 0.25) is 0 Å². The van der Waals surface area contributed by atoms with E-state index in [1.807, 2.05) is 0 Å². The molecule has 0 bridgehead atoms. The minimum atomic E-state index is -0.151. The van der Waals surface area contributed by atoms with E-state index in [4.69, 9.17) is 5.73 Å². The zero-order valence-corrected chi connectivity index (χ0v) is 11.5. The van der Waals surface area contributed by atoms with Gasteiger partial charge in [-0.2, -0.15) is 0 Å². The normalized spacial score (nSPS) is 17.2. The molecule has 1 aromatic rings. The predicted molar refractivity (Wildman–Crippen MR) is 72.6 cm³/mol. The minimum Gasteiger partial charge on any atom is -0.325 e. The Morgan fingerprint density at radius 1 is 1.06 bits per heavy atom. The van der Waals surface area contributed by atoms with E-state index in [0.29, 0.717) is 0 Å². The average molecular weight is 232 g/mol. The summed E-state index contributed by atoms with van der Waals surface area (Å²) in [7, 11) is 0. The maximum Gasteiger partial charge on any atom is 0.0240 e. The summed E-state index contributed by atoms with van der Waals surface area (Å²) in [6, 6.07) is 8.71. The third-order valence-corrected chi connectivity index (χ3v) is 4.27. The molecule has 0 amide bonds. The number of hydrogen-bond donors (Lipinski definition) is 1. The van der Waals surface area contributed by atoms with Crippen LogP contribution in [0.1, 0.15) is 38.8 Å². The van der Waals surface area contributed by atoms with Crippen LogP contribution in [-0.4, -0.2) is 17.0 Å². The van der Waals surface area contributed by atoms with Crippen molar-refractivity contribution in [2.45, 2.75) is 46.3 Å². The Balaban J connectivity index is 2.05. The summed E-state index contributed by atoms with van der Waals surface area (Å²) in [5, 5.41) is 0. The Bertz CT molecular complexity index is 377. The number of rotatable bonds is 3. The lowest BCUT2D eigenvalue weighted by atomic mass is 9.75. The molecule has 2 N–H and O–H groups in total. The largest absolute Gasteiger partial charge is 0.325 e. The van der Waals surface area contributed by atoms with Gasteiger partial charge >= 0.3 is 0 Å². The SMILES string of the molecule is CC(C)(N)C(C)(C)CN1Cc2ccccc2C1. The van der Waals surface area contributed by atoms with Crippen LogP contribution < -0.4 is 5.73 Å². The Labute approximate surface area is 105 Å². The van der Waals surface area contributed by atoms with Gasteiger partial charge in [-0.3, -0.25) is 4.90 Å². The lowest BCUT2D eigenvalue weighted by Crippen LogP contribution is -2.52. The molecular formula is C15H24N2. The van der Waals surface area contributed by atoms with Gasteiger partial charge in [-0.25, -0.2) is 0 Å².